The Hall–Kier alpha value is -1.13. The van der Waals surface area contributed by atoms with E-state index in [1.165, 1.54) is 4.68 Å². The molecule has 2 rings (SSSR count). The lowest BCUT2D eigenvalue weighted by Gasteiger charge is -2.04. The largest absolute Gasteiger partial charge is 0.282 e. The maximum atomic E-state index is 12.8. The molecule has 96 valence electrons. The maximum absolute atomic E-state index is 12.8. The van der Waals surface area contributed by atoms with Gasteiger partial charge in [0.25, 0.3) is 6.43 Å². The zero-order valence-corrected chi connectivity index (χ0v) is 11.0. The Labute approximate surface area is 113 Å². The molecule has 0 atom stereocenters. The third-order valence-electron chi connectivity index (χ3n) is 2.54. The molecule has 2 aromatic rings. The molecule has 0 radical (unpaired) electrons. The summed E-state index contributed by atoms with van der Waals surface area (Å²) in [5, 5.41) is 3.97. The number of rotatable bonds is 3. The highest BCUT2D eigenvalue weighted by Crippen LogP contribution is 2.31. The number of aromatic nitrogens is 2. The Morgan fingerprint density at radius 1 is 1.39 bits per heavy atom. The first-order valence-electron chi connectivity index (χ1n) is 5.23. The van der Waals surface area contributed by atoms with E-state index in [9.17, 15) is 8.78 Å². The van der Waals surface area contributed by atoms with Crippen LogP contribution in [0.5, 0.6) is 0 Å². The van der Waals surface area contributed by atoms with Crippen molar-refractivity contribution >= 4 is 23.2 Å². The molecule has 0 spiro atoms. The zero-order chi connectivity index (χ0) is 13.3. The Balaban J connectivity index is 2.59. The Morgan fingerprint density at radius 3 is 2.61 bits per heavy atom. The van der Waals surface area contributed by atoms with Gasteiger partial charge in [0.15, 0.2) is 0 Å². The highest BCUT2D eigenvalue weighted by atomic mass is 35.5. The van der Waals surface area contributed by atoms with Gasteiger partial charge in [-0.1, -0.05) is 23.7 Å². The lowest BCUT2D eigenvalue weighted by atomic mass is 10.2. The molecule has 1 aromatic carbocycles. The normalized spacial score (nSPS) is 11.2. The van der Waals surface area contributed by atoms with Crippen LogP contribution in [0.3, 0.4) is 0 Å². The van der Waals surface area contributed by atoms with Gasteiger partial charge in [-0.25, -0.2) is 13.5 Å². The molecule has 0 saturated heterocycles. The lowest BCUT2D eigenvalue weighted by Crippen LogP contribution is -1.98. The summed E-state index contributed by atoms with van der Waals surface area (Å²) in [6.07, 6.45) is -2.69. The monoisotopic (exact) mass is 290 g/mol. The molecule has 0 aliphatic carbocycles. The van der Waals surface area contributed by atoms with Gasteiger partial charge in [-0.05, 0) is 24.6 Å². The van der Waals surface area contributed by atoms with Crippen LogP contribution in [-0.2, 0) is 5.88 Å². The summed E-state index contributed by atoms with van der Waals surface area (Å²) in [5.41, 5.74) is 1.44. The van der Waals surface area contributed by atoms with E-state index >= 15 is 0 Å². The fourth-order valence-electron chi connectivity index (χ4n) is 1.68. The van der Waals surface area contributed by atoms with Gasteiger partial charge in [-0.3, -0.25) is 0 Å². The van der Waals surface area contributed by atoms with Crippen molar-refractivity contribution in [2.24, 2.45) is 0 Å². The van der Waals surface area contributed by atoms with Gasteiger partial charge >= 0.3 is 0 Å². The second kappa shape index (κ2) is 5.24. The van der Waals surface area contributed by atoms with Crippen molar-refractivity contribution in [3.8, 4) is 5.69 Å². The van der Waals surface area contributed by atoms with Crippen molar-refractivity contribution in [1.82, 2.24) is 9.78 Å². The Kier molecular flexibility index (Phi) is 3.88. The minimum Gasteiger partial charge on any atom is -0.221 e. The molecule has 6 heteroatoms. The van der Waals surface area contributed by atoms with Gasteiger partial charge < -0.3 is 0 Å². The van der Waals surface area contributed by atoms with Crippen LogP contribution < -0.4 is 0 Å². The predicted octanol–water partition coefficient (Wildman–Crippen LogP) is 4.51. The Morgan fingerprint density at radius 2 is 2.11 bits per heavy atom. The summed E-state index contributed by atoms with van der Waals surface area (Å²) in [6.45, 7) is 1.90. The van der Waals surface area contributed by atoms with Gasteiger partial charge in [-0.2, -0.15) is 5.10 Å². The van der Waals surface area contributed by atoms with E-state index in [4.69, 9.17) is 23.2 Å². The molecule has 0 aliphatic rings. The van der Waals surface area contributed by atoms with Crippen LogP contribution in [0.2, 0.25) is 5.15 Å². The van der Waals surface area contributed by atoms with Gasteiger partial charge in [-0.15, -0.1) is 11.6 Å². The smallest absolute Gasteiger partial charge is 0.221 e. The van der Waals surface area contributed by atoms with Gasteiger partial charge in [0.2, 0.25) is 0 Å². The van der Waals surface area contributed by atoms with E-state index in [0.717, 1.165) is 5.56 Å². The molecular weight excluding hydrogens is 281 g/mol. The van der Waals surface area contributed by atoms with Crippen LogP contribution in [-0.4, -0.2) is 9.78 Å². The van der Waals surface area contributed by atoms with Gasteiger partial charge in [0.1, 0.15) is 10.8 Å². The summed E-state index contributed by atoms with van der Waals surface area (Å²) < 4.78 is 26.9. The summed E-state index contributed by atoms with van der Waals surface area (Å²) in [4.78, 5) is 0. The maximum Gasteiger partial charge on any atom is 0.282 e. The molecule has 0 N–H and O–H groups in total. The Bertz CT molecular complexity index is 567. The molecule has 0 saturated carbocycles. The fourth-order valence-corrected chi connectivity index (χ4v) is 2.31. The van der Waals surface area contributed by atoms with Crippen molar-refractivity contribution in [1.29, 1.82) is 0 Å². The second-order valence-corrected chi connectivity index (χ2v) is 4.47. The van der Waals surface area contributed by atoms with Crippen molar-refractivity contribution in [3.05, 3.63) is 46.2 Å². The molecule has 0 amide bonds. The molecule has 0 unspecified atom stereocenters. The third kappa shape index (κ3) is 2.35. The van der Waals surface area contributed by atoms with Crippen molar-refractivity contribution in [2.45, 2.75) is 19.2 Å². The third-order valence-corrected chi connectivity index (χ3v) is 3.19. The molecule has 1 heterocycles. The van der Waals surface area contributed by atoms with Crippen LogP contribution in [0.15, 0.2) is 24.3 Å². The van der Waals surface area contributed by atoms with E-state index in [1.807, 2.05) is 25.1 Å². The number of halogens is 4. The van der Waals surface area contributed by atoms with Crippen LogP contribution in [0.1, 0.15) is 23.2 Å². The number of hydrogen-bond donors (Lipinski definition) is 0. The molecule has 0 fully saturated rings. The van der Waals surface area contributed by atoms with Crippen LogP contribution in [0.25, 0.3) is 5.69 Å². The number of alkyl halides is 3. The van der Waals surface area contributed by atoms with Crippen molar-refractivity contribution in [3.63, 3.8) is 0 Å². The summed E-state index contributed by atoms with van der Waals surface area (Å²) in [6, 6.07) is 7.27. The van der Waals surface area contributed by atoms with E-state index < -0.39 is 6.43 Å². The first kappa shape index (κ1) is 13.3. The molecule has 18 heavy (non-hydrogen) atoms. The van der Waals surface area contributed by atoms with Crippen molar-refractivity contribution in [2.75, 3.05) is 0 Å². The standard InChI is InChI=1S/C12H10Cl2F2N2/c1-7-3-2-4-8(5-7)18-11(14)9(6-13)10(17-18)12(15)16/h2-5,12H,6H2,1H3. The van der Waals surface area contributed by atoms with Crippen LogP contribution in [0, 0.1) is 6.92 Å². The van der Waals surface area contributed by atoms with Gasteiger partial charge in [0.05, 0.1) is 11.6 Å². The minimum atomic E-state index is -2.69. The first-order valence-corrected chi connectivity index (χ1v) is 6.14. The van der Waals surface area contributed by atoms with E-state index in [1.54, 1.807) is 6.07 Å². The predicted molar refractivity (Wildman–Crippen MR) is 67.8 cm³/mol. The highest BCUT2D eigenvalue weighted by molar-refractivity contribution is 6.31. The highest BCUT2D eigenvalue weighted by Gasteiger charge is 2.23. The van der Waals surface area contributed by atoms with Crippen molar-refractivity contribution < 1.29 is 8.78 Å². The van der Waals surface area contributed by atoms with E-state index in [-0.39, 0.29) is 22.3 Å². The first-order chi connectivity index (χ1) is 8.54. The summed E-state index contributed by atoms with van der Waals surface area (Å²) >= 11 is 11.7. The van der Waals surface area contributed by atoms with E-state index in [0.29, 0.717) is 5.69 Å². The molecular formula is C12H10Cl2F2N2. The summed E-state index contributed by atoms with van der Waals surface area (Å²) in [7, 11) is 0. The van der Waals surface area contributed by atoms with Crippen LogP contribution >= 0.6 is 23.2 Å². The minimum absolute atomic E-state index is 0.0929. The lowest BCUT2D eigenvalue weighted by molar-refractivity contribution is 0.144. The zero-order valence-electron chi connectivity index (χ0n) is 9.50. The quantitative estimate of drug-likeness (QED) is 0.761. The number of aryl methyl sites for hydroxylation is 1. The molecule has 2 nitrogen and oxygen atoms in total. The van der Waals surface area contributed by atoms with Gasteiger partial charge in [0, 0.05) is 5.56 Å². The molecule has 0 bridgehead atoms. The molecule has 0 aliphatic heterocycles. The topological polar surface area (TPSA) is 17.8 Å². The number of hydrogen-bond acceptors (Lipinski definition) is 1. The SMILES string of the molecule is Cc1cccc(-n2nc(C(F)F)c(CCl)c2Cl)c1. The number of benzene rings is 1. The number of nitrogens with zero attached hydrogens (tertiary/aromatic N) is 2. The van der Waals surface area contributed by atoms with E-state index in [2.05, 4.69) is 5.10 Å². The van der Waals surface area contributed by atoms with Crippen LogP contribution in [0.4, 0.5) is 8.78 Å². The summed E-state index contributed by atoms with van der Waals surface area (Å²) in [5.74, 6) is -0.0929. The average molecular weight is 291 g/mol. The second-order valence-electron chi connectivity index (χ2n) is 3.84. The molecule has 1 aromatic heterocycles. The average Bonchev–Trinajstić information content (AvgIpc) is 2.66. The fraction of sp³-hybridized carbons (Fsp3) is 0.250.